The molecule has 0 aromatic rings. The van der Waals surface area contributed by atoms with Gasteiger partial charge in [0.2, 0.25) is 0 Å². The third-order valence-electron chi connectivity index (χ3n) is 0.400. The molecule has 48 valence electrons. The van der Waals surface area contributed by atoms with Crippen LogP contribution in [0.4, 0.5) is 0 Å². The number of rotatable bonds is 2. The number of nitrogens with two attached hydrogens (primary N) is 1. The van der Waals surface area contributed by atoms with E-state index in [0.29, 0.717) is 0 Å². The predicted octanol–water partition coefficient (Wildman–Crippen LogP) is -0.135. The highest BCUT2D eigenvalue weighted by Gasteiger charge is 1.92. The van der Waals surface area contributed by atoms with Crippen LogP contribution in [0.15, 0.2) is 0 Å². The van der Waals surface area contributed by atoms with E-state index in [0.717, 1.165) is 6.21 Å². The zero-order valence-electron chi connectivity index (χ0n) is 4.09. The Hall–Kier alpha value is -0.610. The van der Waals surface area contributed by atoms with Crippen molar-refractivity contribution in [1.82, 2.24) is 0 Å². The third-order valence-corrected chi connectivity index (χ3v) is 0.400. The maximum Gasteiger partial charge on any atom is 0.329 e. The minimum atomic E-state index is -0.588. The Morgan fingerprint density at radius 2 is 2.38 bits per heavy atom. The molecule has 4 nitrogen and oxygen atoms in total. The minimum Gasteiger partial charge on any atom is -0.373 e. The molecule has 0 heterocycles. The molecule has 0 atom stereocenters. The van der Waals surface area contributed by atoms with Gasteiger partial charge in [0.1, 0.15) is 0 Å². The fourth-order valence-corrected chi connectivity index (χ4v) is 0.131. The van der Waals surface area contributed by atoms with Crippen LogP contribution in [0.3, 0.4) is 0 Å². The Balaban J connectivity index is 0. The van der Waals surface area contributed by atoms with E-state index >= 15 is 0 Å². The van der Waals surface area contributed by atoms with Gasteiger partial charge >= 0.3 is 5.97 Å². The Labute approximate surface area is 52.9 Å². The number of hydrogen-bond acceptors (Lipinski definition) is 4. The summed E-state index contributed by atoms with van der Waals surface area (Å²) in [5.41, 5.74) is 0. The van der Waals surface area contributed by atoms with E-state index in [-0.39, 0.29) is 18.8 Å². The molecule has 0 radical (unpaired) electrons. The zero-order valence-corrected chi connectivity index (χ0v) is 4.90. The molecule has 5 heteroatoms. The van der Waals surface area contributed by atoms with E-state index < -0.39 is 5.97 Å². The molecular formula is C3H7ClN2O2. The first-order chi connectivity index (χ1) is 3.31. The molecule has 0 rings (SSSR count). The summed E-state index contributed by atoms with van der Waals surface area (Å²) in [6.07, 6.45) is 0.881. The molecule has 0 saturated carbocycles. The van der Waals surface area contributed by atoms with Crippen LogP contribution in [0.1, 0.15) is 6.42 Å². The van der Waals surface area contributed by atoms with Crippen LogP contribution in [0.5, 0.6) is 0 Å². The van der Waals surface area contributed by atoms with Gasteiger partial charge in [0.05, 0.1) is 6.42 Å². The summed E-state index contributed by atoms with van der Waals surface area (Å²) in [7, 11) is 0. The normalized spacial score (nSPS) is 6.62. The number of halogens is 1. The van der Waals surface area contributed by atoms with Gasteiger partial charge in [0, 0.05) is 6.21 Å². The van der Waals surface area contributed by atoms with Gasteiger partial charge < -0.3 is 10.2 Å². The summed E-state index contributed by atoms with van der Waals surface area (Å²) in [6, 6.07) is 0. The van der Waals surface area contributed by atoms with E-state index in [2.05, 4.69) is 10.7 Å². The van der Waals surface area contributed by atoms with Crippen molar-refractivity contribution in [2.45, 2.75) is 6.42 Å². The SMILES string of the molecule is Cl.N=CCC(=O)ON. The second kappa shape index (κ2) is 6.39. The molecule has 0 amide bonds. The van der Waals surface area contributed by atoms with Gasteiger partial charge in [0.25, 0.3) is 0 Å². The first-order valence-corrected chi connectivity index (χ1v) is 1.69. The van der Waals surface area contributed by atoms with Gasteiger partial charge in [-0.2, -0.15) is 5.90 Å². The highest BCUT2D eigenvalue weighted by Crippen LogP contribution is 1.72. The van der Waals surface area contributed by atoms with Crippen molar-refractivity contribution in [2.24, 2.45) is 5.90 Å². The van der Waals surface area contributed by atoms with Crippen molar-refractivity contribution in [2.75, 3.05) is 0 Å². The highest BCUT2D eigenvalue weighted by atomic mass is 35.5. The van der Waals surface area contributed by atoms with Crippen molar-refractivity contribution in [3.63, 3.8) is 0 Å². The Morgan fingerprint density at radius 1 is 1.88 bits per heavy atom. The largest absolute Gasteiger partial charge is 0.373 e. The molecule has 0 fully saturated rings. The smallest absolute Gasteiger partial charge is 0.329 e. The summed E-state index contributed by atoms with van der Waals surface area (Å²) in [4.78, 5) is 13.6. The van der Waals surface area contributed by atoms with Crippen molar-refractivity contribution in [1.29, 1.82) is 5.41 Å². The van der Waals surface area contributed by atoms with Gasteiger partial charge in [0.15, 0.2) is 0 Å². The lowest BCUT2D eigenvalue weighted by atomic mass is 10.5. The van der Waals surface area contributed by atoms with E-state index in [4.69, 9.17) is 5.41 Å². The molecular weight excluding hydrogens is 131 g/mol. The Bertz CT molecular complexity index is 85.4. The van der Waals surface area contributed by atoms with E-state index in [1.807, 2.05) is 0 Å². The van der Waals surface area contributed by atoms with E-state index in [9.17, 15) is 4.79 Å². The lowest BCUT2D eigenvalue weighted by molar-refractivity contribution is -0.142. The quantitative estimate of drug-likeness (QED) is 0.412. The summed E-state index contributed by atoms with van der Waals surface area (Å²) < 4.78 is 0. The van der Waals surface area contributed by atoms with Crippen LogP contribution in [0, 0.1) is 5.41 Å². The van der Waals surface area contributed by atoms with Gasteiger partial charge in [-0.1, -0.05) is 0 Å². The monoisotopic (exact) mass is 138 g/mol. The molecule has 0 saturated heterocycles. The van der Waals surface area contributed by atoms with Crippen LogP contribution >= 0.6 is 12.4 Å². The second-order valence-corrected chi connectivity index (χ2v) is 0.898. The maximum absolute atomic E-state index is 9.91. The molecule has 8 heavy (non-hydrogen) atoms. The summed E-state index contributed by atoms with van der Waals surface area (Å²) in [6.45, 7) is 0. The molecule has 0 aliphatic heterocycles. The van der Waals surface area contributed by atoms with E-state index in [1.165, 1.54) is 0 Å². The van der Waals surface area contributed by atoms with Gasteiger partial charge in [-0.3, -0.25) is 0 Å². The molecule has 0 aromatic heterocycles. The molecule has 0 spiro atoms. The Kier molecular flexibility index (Phi) is 8.30. The fourth-order valence-electron chi connectivity index (χ4n) is 0.131. The van der Waals surface area contributed by atoms with Crippen molar-refractivity contribution in [3.8, 4) is 0 Å². The first-order valence-electron chi connectivity index (χ1n) is 1.69. The first kappa shape index (κ1) is 10.4. The van der Waals surface area contributed by atoms with Gasteiger partial charge in [-0.05, 0) is 0 Å². The predicted molar refractivity (Wildman–Crippen MR) is 30.9 cm³/mol. The molecule has 0 aromatic carbocycles. The topological polar surface area (TPSA) is 76.2 Å². The number of hydrogen-bond donors (Lipinski definition) is 2. The van der Waals surface area contributed by atoms with Crippen molar-refractivity contribution in [3.05, 3.63) is 0 Å². The molecule has 0 aliphatic rings. The summed E-state index contributed by atoms with van der Waals surface area (Å²) in [5.74, 6) is 3.82. The second-order valence-electron chi connectivity index (χ2n) is 0.898. The van der Waals surface area contributed by atoms with Gasteiger partial charge in [-0.15, -0.1) is 12.4 Å². The molecule has 3 N–H and O–H groups in total. The highest BCUT2D eigenvalue weighted by molar-refractivity contribution is 5.85. The summed E-state index contributed by atoms with van der Waals surface area (Å²) >= 11 is 0. The Morgan fingerprint density at radius 3 is 2.50 bits per heavy atom. The van der Waals surface area contributed by atoms with Crippen molar-refractivity contribution < 1.29 is 9.63 Å². The van der Waals surface area contributed by atoms with Crippen LogP contribution in [-0.4, -0.2) is 12.2 Å². The summed E-state index contributed by atoms with van der Waals surface area (Å²) in [5, 5.41) is 6.36. The average molecular weight is 139 g/mol. The lowest BCUT2D eigenvalue weighted by Crippen LogP contribution is -2.09. The minimum absolute atomic E-state index is 0. The van der Waals surface area contributed by atoms with Crippen LogP contribution in [-0.2, 0) is 9.63 Å². The van der Waals surface area contributed by atoms with Crippen molar-refractivity contribution >= 4 is 24.6 Å². The van der Waals surface area contributed by atoms with E-state index in [1.54, 1.807) is 0 Å². The number of carbonyl (C=O) groups excluding carboxylic acids is 1. The molecule has 0 bridgehead atoms. The van der Waals surface area contributed by atoms with Gasteiger partial charge in [-0.25, -0.2) is 4.79 Å². The maximum atomic E-state index is 9.91. The fraction of sp³-hybridized carbons (Fsp3) is 0.333. The third kappa shape index (κ3) is 5.39. The van der Waals surface area contributed by atoms with Crippen LogP contribution < -0.4 is 5.90 Å². The molecule has 0 aliphatic carbocycles. The molecule has 0 unspecified atom stereocenters. The van der Waals surface area contributed by atoms with Crippen LogP contribution in [0.25, 0.3) is 0 Å². The zero-order chi connectivity index (χ0) is 5.70. The number of nitrogens with one attached hydrogen (secondary N) is 1. The standard InChI is InChI=1S/C3H6N2O2.ClH/c4-2-1-3(6)7-5;/h2,4H,1,5H2;1H. The lowest BCUT2D eigenvalue weighted by Gasteiger charge is -1.86. The average Bonchev–Trinajstić information content (AvgIpc) is 1.68. The number of carbonyl (C=O) groups is 1. The van der Waals surface area contributed by atoms with Crippen LogP contribution in [0.2, 0.25) is 0 Å².